The number of fused-ring (bicyclic) bond motifs is 3. The molecular formula is C19H23N5O3. The van der Waals surface area contributed by atoms with Gasteiger partial charge in [-0.15, -0.1) is 5.10 Å². The number of nitrogens with zero attached hydrogens (tertiary/aromatic N) is 4. The highest BCUT2D eigenvalue weighted by Crippen LogP contribution is 2.29. The van der Waals surface area contributed by atoms with E-state index >= 15 is 0 Å². The van der Waals surface area contributed by atoms with Gasteiger partial charge < -0.3 is 14.6 Å². The van der Waals surface area contributed by atoms with Crippen molar-refractivity contribution in [1.82, 2.24) is 24.5 Å². The molecule has 1 aliphatic rings. The van der Waals surface area contributed by atoms with Gasteiger partial charge in [-0.25, -0.2) is 14.3 Å². The van der Waals surface area contributed by atoms with Crippen LogP contribution < -0.4 is 5.56 Å². The molecule has 0 aliphatic carbocycles. The van der Waals surface area contributed by atoms with Crippen LogP contribution in [0.4, 0.5) is 4.79 Å². The number of rotatable bonds is 1. The van der Waals surface area contributed by atoms with Gasteiger partial charge in [0.2, 0.25) is 0 Å². The molecule has 0 saturated carbocycles. The predicted molar refractivity (Wildman–Crippen MR) is 101 cm³/mol. The molecule has 0 radical (unpaired) electrons. The third-order valence-electron chi connectivity index (χ3n) is 4.78. The highest BCUT2D eigenvalue weighted by atomic mass is 16.6. The van der Waals surface area contributed by atoms with Crippen LogP contribution in [0.25, 0.3) is 16.7 Å². The Morgan fingerprint density at radius 2 is 2.04 bits per heavy atom. The maximum Gasteiger partial charge on any atom is 0.410 e. The summed E-state index contributed by atoms with van der Waals surface area (Å²) in [4.78, 5) is 33.4. The molecule has 0 atom stereocenters. The molecule has 0 spiro atoms. The molecule has 3 aromatic rings. The van der Waals surface area contributed by atoms with Crippen molar-refractivity contribution in [3.63, 3.8) is 0 Å². The van der Waals surface area contributed by atoms with Crippen LogP contribution in [0.15, 0.2) is 29.2 Å². The summed E-state index contributed by atoms with van der Waals surface area (Å²) in [6.45, 7) is 6.77. The molecule has 4 heterocycles. The molecule has 1 saturated heterocycles. The summed E-state index contributed by atoms with van der Waals surface area (Å²) >= 11 is 0. The lowest BCUT2D eigenvalue weighted by Gasteiger charge is -2.33. The Morgan fingerprint density at radius 1 is 1.30 bits per heavy atom. The summed E-state index contributed by atoms with van der Waals surface area (Å²) in [5.74, 6) is 0.141. The van der Waals surface area contributed by atoms with Crippen molar-refractivity contribution in [3.05, 3.63) is 40.4 Å². The van der Waals surface area contributed by atoms with E-state index in [4.69, 9.17) is 4.74 Å². The number of piperidine rings is 1. The quantitative estimate of drug-likeness (QED) is 0.712. The lowest BCUT2D eigenvalue weighted by molar-refractivity contribution is 0.0203. The third kappa shape index (κ3) is 3.39. The molecule has 0 aromatic carbocycles. The van der Waals surface area contributed by atoms with Gasteiger partial charge in [0.15, 0.2) is 5.65 Å². The van der Waals surface area contributed by atoms with E-state index in [0.717, 1.165) is 23.9 Å². The van der Waals surface area contributed by atoms with E-state index < -0.39 is 5.60 Å². The first kappa shape index (κ1) is 17.5. The standard InChI is InChI=1S/C19H23N5O3/c1-19(2,3)27-18(26)23-9-6-12(7-10-23)14-11-15(25)21-17-13-5-4-8-20-16(13)22-24(14)17/h4-5,8,11-12H,6-7,9-10H2,1-3H3,(H,21,25). The van der Waals surface area contributed by atoms with Gasteiger partial charge in [0.1, 0.15) is 11.2 Å². The number of hydrogen-bond donors (Lipinski definition) is 1. The largest absolute Gasteiger partial charge is 0.444 e. The Labute approximate surface area is 156 Å². The number of amides is 1. The maximum absolute atomic E-state index is 12.3. The van der Waals surface area contributed by atoms with E-state index in [1.165, 1.54) is 0 Å². The zero-order valence-corrected chi connectivity index (χ0v) is 15.7. The van der Waals surface area contributed by atoms with Crippen LogP contribution in [-0.4, -0.2) is 49.3 Å². The van der Waals surface area contributed by atoms with Crippen molar-refractivity contribution in [2.45, 2.75) is 45.1 Å². The monoisotopic (exact) mass is 369 g/mol. The smallest absolute Gasteiger partial charge is 0.410 e. The average Bonchev–Trinajstić information content (AvgIpc) is 2.98. The number of nitrogens with one attached hydrogen (secondary N) is 1. The first-order valence-electron chi connectivity index (χ1n) is 9.16. The topological polar surface area (TPSA) is 92.6 Å². The Morgan fingerprint density at radius 3 is 2.74 bits per heavy atom. The van der Waals surface area contributed by atoms with Crippen molar-refractivity contribution in [3.8, 4) is 0 Å². The summed E-state index contributed by atoms with van der Waals surface area (Å²) in [5.41, 5.74) is 1.46. The number of carbonyl (C=O) groups excluding carboxylic acids is 1. The van der Waals surface area contributed by atoms with E-state index in [2.05, 4.69) is 15.1 Å². The van der Waals surface area contributed by atoms with Crippen LogP contribution in [-0.2, 0) is 4.74 Å². The second kappa shape index (κ2) is 6.37. The van der Waals surface area contributed by atoms with Crippen molar-refractivity contribution in [1.29, 1.82) is 0 Å². The number of aromatic amines is 1. The van der Waals surface area contributed by atoms with Gasteiger partial charge >= 0.3 is 6.09 Å². The van der Waals surface area contributed by atoms with E-state index in [-0.39, 0.29) is 17.6 Å². The van der Waals surface area contributed by atoms with Crippen LogP contribution in [0.3, 0.4) is 0 Å². The molecule has 27 heavy (non-hydrogen) atoms. The van der Waals surface area contributed by atoms with Gasteiger partial charge in [0.25, 0.3) is 5.56 Å². The molecule has 4 rings (SSSR count). The van der Waals surface area contributed by atoms with Gasteiger partial charge in [-0.2, -0.15) is 0 Å². The molecule has 8 heteroatoms. The fraction of sp³-hybridized carbons (Fsp3) is 0.474. The Bertz CT molecular complexity index is 1050. The SMILES string of the molecule is CC(C)(C)OC(=O)N1CCC(c2cc(=O)[nH]c3c4cccnc4nn23)CC1. The van der Waals surface area contributed by atoms with Gasteiger partial charge in [0, 0.05) is 31.3 Å². The van der Waals surface area contributed by atoms with Crippen LogP contribution >= 0.6 is 0 Å². The number of ether oxygens (including phenoxy) is 1. The third-order valence-corrected chi connectivity index (χ3v) is 4.78. The normalized spacial score (nSPS) is 16.2. The number of carbonyl (C=O) groups is 1. The zero-order valence-electron chi connectivity index (χ0n) is 15.7. The minimum Gasteiger partial charge on any atom is -0.444 e. The van der Waals surface area contributed by atoms with Crippen molar-refractivity contribution in [2.75, 3.05) is 13.1 Å². The average molecular weight is 369 g/mol. The molecule has 0 unspecified atom stereocenters. The minimum absolute atomic E-state index is 0.141. The number of H-pyrrole nitrogens is 1. The van der Waals surface area contributed by atoms with Crippen LogP contribution in [0.2, 0.25) is 0 Å². The summed E-state index contributed by atoms with van der Waals surface area (Å²) in [6, 6.07) is 5.33. The molecule has 8 nitrogen and oxygen atoms in total. The number of hydrogen-bond acceptors (Lipinski definition) is 5. The highest BCUT2D eigenvalue weighted by Gasteiger charge is 2.29. The van der Waals surface area contributed by atoms with Gasteiger partial charge in [-0.05, 0) is 45.7 Å². The molecule has 142 valence electrons. The van der Waals surface area contributed by atoms with Gasteiger partial charge in [-0.1, -0.05) is 0 Å². The van der Waals surface area contributed by atoms with E-state index in [1.807, 2.05) is 32.9 Å². The summed E-state index contributed by atoms with van der Waals surface area (Å²) in [7, 11) is 0. The van der Waals surface area contributed by atoms with Crippen molar-refractivity contribution < 1.29 is 9.53 Å². The fourth-order valence-electron chi connectivity index (χ4n) is 3.55. The molecule has 1 amide bonds. The summed E-state index contributed by atoms with van der Waals surface area (Å²) in [6.07, 6.45) is 2.90. The van der Waals surface area contributed by atoms with E-state index in [9.17, 15) is 9.59 Å². The Hall–Kier alpha value is -2.90. The second-order valence-electron chi connectivity index (χ2n) is 7.94. The van der Waals surface area contributed by atoms with Crippen molar-refractivity contribution >= 4 is 22.8 Å². The molecule has 3 aromatic heterocycles. The molecule has 1 N–H and O–H groups in total. The predicted octanol–water partition coefficient (Wildman–Crippen LogP) is 2.69. The molecule has 0 bridgehead atoms. The second-order valence-corrected chi connectivity index (χ2v) is 7.94. The molecular weight excluding hydrogens is 346 g/mol. The molecule has 1 aliphatic heterocycles. The number of pyridine rings is 1. The number of likely N-dealkylation sites (tertiary alicyclic amines) is 1. The lowest BCUT2D eigenvalue weighted by atomic mass is 9.93. The lowest BCUT2D eigenvalue weighted by Crippen LogP contribution is -2.41. The van der Waals surface area contributed by atoms with Crippen LogP contribution in [0.5, 0.6) is 0 Å². The first-order chi connectivity index (χ1) is 12.8. The van der Waals surface area contributed by atoms with Crippen LogP contribution in [0, 0.1) is 0 Å². The fourth-order valence-corrected chi connectivity index (χ4v) is 3.55. The van der Waals surface area contributed by atoms with Crippen LogP contribution in [0.1, 0.15) is 45.2 Å². The van der Waals surface area contributed by atoms with E-state index in [1.54, 1.807) is 21.7 Å². The van der Waals surface area contributed by atoms with E-state index in [0.29, 0.717) is 24.4 Å². The zero-order chi connectivity index (χ0) is 19.2. The minimum atomic E-state index is -0.505. The first-order valence-corrected chi connectivity index (χ1v) is 9.16. The van der Waals surface area contributed by atoms with Crippen molar-refractivity contribution in [2.24, 2.45) is 0 Å². The van der Waals surface area contributed by atoms with Gasteiger partial charge in [0.05, 0.1) is 11.1 Å². The Balaban J connectivity index is 1.61. The van der Waals surface area contributed by atoms with Gasteiger partial charge in [-0.3, -0.25) is 4.79 Å². The summed E-state index contributed by atoms with van der Waals surface area (Å²) < 4.78 is 7.24. The number of aromatic nitrogens is 4. The highest BCUT2D eigenvalue weighted by molar-refractivity contribution is 5.89. The summed E-state index contributed by atoms with van der Waals surface area (Å²) in [5, 5.41) is 5.39. The Kier molecular flexibility index (Phi) is 4.13. The molecule has 1 fully saturated rings. The maximum atomic E-state index is 12.3.